The van der Waals surface area contributed by atoms with Crippen LogP contribution in [0.15, 0.2) is 18.2 Å². The first-order valence-corrected chi connectivity index (χ1v) is 7.22. The van der Waals surface area contributed by atoms with E-state index in [1.54, 1.807) is 6.07 Å². The molecule has 0 bridgehead atoms. The van der Waals surface area contributed by atoms with Gasteiger partial charge in [-0.15, -0.1) is 0 Å². The minimum Gasteiger partial charge on any atom is -0.366 e. The molecule has 1 rings (SSSR count). The van der Waals surface area contributed by atoms with Crippen molar-refractivity contribution < 1.29 is 9.59 Å². The van der Waals surface area contributed by atoms with Crippen molar-refractivity contribution in [2.24, 2.45) is 16.9 Å². The standard InChI is InChI=1S/C15H22ClN3O2/c1-15(2,7-8-17)6-5-13(20)19-10-3-4-12(16)11(9-10)14(18)21/h3-4,9H,5-8,17H2,1-2H3,(H2,18,21)(H,19,20). The second kappa shape index (κ2) is 7.43. The van der Waals surface area contributed by atoms with Gasteiger partial charge in [0.05, 0.1) is 10.6 Å². The summed E-state index contributed by atoms with van der Waals surface area (Å²) in [4.78, 5) is 23.1. The van der Waals surface area contributed by atoms with Crippen LogP contribution >= 0.6 is 11.6 Å². The average molecular weight is 312 g/mol. The highest BCUT2D eigenvalue weighted by Gasteiger charge is 2.18. The number of hydrogen-bond donors (Lipinski definition) is 3. The fourth-order valence-electron chi connectivity index (χ4n) is 1.98. The van der Waals surface area contributed by atoms with Crippen LogP contribution in [0.3, 0.4) is 0 Å². The van der Waals surface area contributed by atoms with E-state index in [1.165, 1.54) is 12.1 Å². The molecule has 0 fully saturated rings. The summed E-state index contributed by atoms with van der Waals surface area (Å²) in [6, 6.07) is 4.65. The fourth-order valence-corrected chi connectivity index (χ4v) is 2.19. The lowest BCUT2D eigenvalue weighted by molar-refractivity contribution is -0.116. The molecular formula is C15H22ClN3O2. The van der Waals surface area contributed by atoms with Crippen LogP contribution in [-0.2, 0) is 4.79 Å². The predicted octanol–water partition coefficient (Wildman–Crippen LogP) is 2.53. The van der Waals surface area contributed by atoms with Crippen LogP contribution in [0.1, 0.15) is 43.5 Å². The maximum Gasteiger partial charge on any atom is 0.250 e. The van der Waals surface area contributed by atoms with Crippen LogP contribution in [-0.4, -0.2) is 18.4 Å². The molecule has 5 N–H and O–H groups in total. The molecule has 0 heterocycles. The maximum atomic E-state index is 11.9. The fraction of sp³-hybridized carbons (Fsp3) is 0.467. The monoisotopic (exact) mass is 311 g/mol. The minimum atomic E-state index is -0.625. The van der Waals surface area contributed by atoms with E-state index in [0.29, 0.717) is 18.7 Å². The van der Waals surface area contributed by atoms with E-state index in [0.717, 1.165) is 12.8 Å². The van der Waals surface area contributed by atoms with Gasteiger partial charge in [-0.25, -0.2) is 0 Å². The normalized spacial score (nSPS) is 11.2. The predicted molar refractivity (Wildman–Crippen MR) is 85.3 cm³/mol. The van der Waals surface area contributed by atoms with Crippen molar-refractivity contribution in [1.29, 1.82) is 0 Å². The molecule has 0 atom stereocenters. The number of carbonyl (C=O) groups excluding carboxylic acids is 2. The van der Waals surface area contributed by atoms with E-state index in [2.05, 4.69) is 19.2 Å². The first-order chi connectivity index (χ1) is 9.75. The molecule has 0 spiro atoms. The van der Waals surface area contributed by atoms with Crippen molar-refractivity contribution in [3.63, 3.8) is 0 Å². The highest BCUT2D eigenvalue weighted by Crippen LogP contribution is 2.26. The molecule has 1 aromatic rings. The molecule has 2 amide bonds. The van der Waals surface area contributed by atoms with Crippen LogP contribution in [0.2, 0.25) is 5.02 Å². The summed E-state index contributed by atoms with van der Waals surface area (Å²) < 4.78 is 0. The van der Waals surface area contributed by atoms with Crippen molar-refractivity contribution in [3.05, 3.63) is 28.8 Å². The quantitative estimate of drug-likeness (QED) is 0.721. The Labute approximate surface area is 130 Å². The number of nitrogens with one attached hydrogen (secondary N) is 1. The third-order valence-electron chi connectivity index (χ3n) is 3.37. The molecule has 0 unspecified atom stereocenters. The van der Waals surface area contributed by atoms with Gasteiger partial charge in [-0.3, -0.25) is 9.59 Å². The van der Waals surface area contributed by atoms with Gasteiger partial charge in [0.2, 0.25) is 11.8 Å². The van der Waals surface area contributed by atoms with E-state index in [9.17, 15) is 9.59 Å². The summed E-state index contributed by atoms with van der Waals surface area (Å²) in [6.07, 6.45) is 2.00. The summed E-state index contributed by atoms with van der Waals surface area (Å²) >= 11 is 5.86. The third-order valence-corrected chi connectivity index (χ3v) is 3.70. The molecule has 0 saturated heterocycles. The van der Waals surface area contributed by atoms with E-state index in [4.69, 9.17) is 23.1 Å². The molecule has 1 aromatic carbocycles. The molecule has 5 nitrogen and oxygen atoms in total. The number of carbonyl (C=O) groups is 2. The molecule has 0 radical (unpaired) electrons. The van der Waals surface area contributed by atoms with Crippen LogP contribution in [0, 0.1) is 5.41 Å². The van der Waals surface area contributed by atoms with Gasteiger partial charge in [0.1, 0.15) is 0 Å². The number of benzene rings is 1. The van der Waals surface area contributed by atoms with Crippen molar-refractivity contribution in [3.8, 4) is 0 Å². The van der Waals surface area contributed by atoms with Crippen LogP contribution in [0.4, 0.5) is 5.69 Å². The second-order valence-electron chi connectivity index (χ2n) is 5.81. The first-order valence-electron chi connectivity index (χ1n) is 6.84. The number of nitrogens with two attached hydrogens (primary N) is 2. The molecule has 0 aliphatic rings. The van der Waals surface area contributed by atoms with Gasteiger partial charge < -0.3 is 16.8 Å². The summed E-state index contributed by atoms with van der Waals surface area (Å²) in [7, 11) is 0. The summed E-state index contributed by atoms with van der Waals surface area (Å²) in [5.41, 5.74) is 11.5. The van der Waals surface area contributed by atoms with Gasteiger partial charge in [-0.1, -0.05) is 25.4 Å². The Hall–Kier alpha value is -1.59. The molecule has 0 saturated carbocycles. The lowest BCUT2D eigenvalue weighted by Gasteiger charge is -2.23. The second-order valence-corrected chi connectivity index (χ2v) is 6.22. The van der Waals surface area contributed by atoms with Crippen molar-refractivity contribution in [2.45, 2.75) is 33.1 Å². The largest absolute Gasteiger partial charge is 0.366 e. The molecule has 6 heteroatoms. The Bertz CT molecular complexity index is 530. The lowest BCUT2D eigenvalue weighted by Crippen LogP contribution is -2.21. The highest BCUT2D eigenvalue weighted by molar-refractivity contribution is 6.33. The smallest absolute Gasteiger partial charge is 0.250 e. The van der Waals surface area contributed by atoms with Gasteiger partial charge in [0.25, 0.3) is 0 Å². The van der Waals surface area contributed by atoms with Gasteiger partial charge >= 0.3 is 0 Å². The van der Waals surface area contributed by atoms with Crippen LogP contribution < -0.4 is 16.8 Å². The van der Waals surface area contributed by atoms with Crippen molar-refractivity contribution in [2.75, 3.05) is 11.9 Å². The number of anilines is 1. The molecular weight excluding hydrogens is 290 g/mol. The van der Waals surface area contributed by atoms with E-state index >= 15 is 0 Å². The Morgan fingerprint density at radius 1 is 1.29 bits per heavy atom. The number of rotatable bonds is 7. The zero-order chi connectivity index (χ0) is 16.0. The Morgan fingerprint density at radius 2 is 1.95 bits per heavy atom. The lowest BCUT2D eigenvalue weighted by atomic mass is 9.84. The van der Waals surface area contributed by atoms with E-state index in [1.807, 2.05) is 0 Å². The maximum absolute atomic E-state index is 11.9. The zero-order valence-corrected chi connectivity index (χ0v) is 13.2. The third kappa shape index (κ3) is 5.73. The number of hydrogen-bond acceptors (Lipinski definition) is 3. The molecule has 21 heavy (non-hydrogen) atoms. The first kappa shape index (κ1) is 17.5. The van der Waals surface area contributed by atoms with Gasteiger partial charge in [0, 0.05) is 12.1 Å². The highest BCUT2D eigenvalue weighted by atomic mass is 35.5. The van der Waals surface area contributed by atoms with Crippen molar-refractivity contribution in [1.82, 2.24) is 0 Å². The Morgan fingerprint density at radius 3 is 2.52 bits per heavy atom. The minimum absolute atomic E-state index is 0.0322. The van der Waals surface area contributed by atoms with Crippen LogP contribution in [0.25, 0.3) is 0 Å². The van der Waals surface area contributed by atoms with E-state index < -0.39 is 5.91 Å². The molecule has 0 aromatic heterocycles. The summed E-state index contributed by atoms with van der Waals surface area (Å²) in [5, 5.41) is 3.01. The zero-order valence-electron chi connectivity index (χ0n) is 12.4. The Balaban J connectivity index is 2.63. The molecule has 0 aliphatic carbocycles. The number of halogens is 1. The molecule has 0 aliphatic heterocycles. The van der Waals surface area contributed by atoms with Crippen molar-refractivity contribution >= 4 is 29.1 Å². The summed E-state index contributed by atoms with van der Waals surface area (Å²) in [6.45, 7) is 4.77. The summed E-state index contributed by atoms with van der Waals surface area (Å²) in [5.74, 6) is -0.738. The topological polar surface area (TPSA) is 98.2 Å². The number of amides is 2. The van der Waals surface area contributed by atoms with E-state index in [-0.39, 0.29) is 21.9 Å². The number of primary amides is 1. The van der Waals surface area contributed by atoms with Gasteiger partial charge in [-0.2, -0.15) is 0 Å². The average Bonchev–Trinajstić information content (AvgIpc) is 2.38. The SMILES string of the molecule is CC(C)(CCN)CCC(=O)Nc1ccc(Cl)c(C(N)=O)c1. The van der Waals surface area contributed by atoms with Gasteiger partial charge in [0.15, 0.2) is 0 Å². The van der Waals surface area contributed by atoms with Gasteiger partial charge in [-0.05, 0) is 43.0 Å². The Kier molecular flexibility index (Phi) is 6.18. The van der Waals surface area contributed by atoms with Crippen LogP contribution in [0.5, 0.6) is 0 Å². The molecule has 116 valence electrons.